The van der Waals surface area contributed by atoms with Crippen LogP contribution in [0.4, 0.5) is 0 Å². The Labute approximate surface area is 124 Å². The summed E-state index contributed by atoms with van der Waals surface area (Å²) in [5, 5.41) is 4.45. The Kier molecular flexibility index (Phi) is 7.28. The lowest BCUT2D eigenvalue weighted by Gasteiger charge is -2.27. The lowest BCUT2D eigenvalue weighted by Crippen LogP contribution is -2.28. The van der Waals surface area contributed by atoms with Gasteiger partial charge in [0, 0.05) is 10.5 Å². The quantitative estimate of drug-likeness (QED) is 0.687. The first-order chi connectivity index (χ1) is 8.63. The molecule has 0 saturated heterocycles. The number of benzene rings is 1. The highest BCUT2D eigenvalue weighted by molar-refractivity contribution is 9.10. The molecule has 1 unspecified atom stereocenters. The van der Waals surface area contributed by atoms with Crippen LogP contribution in [0.1, 0.15) is 51.6 Å². The van der Waals surface area contributed by atoms with Crippen molar-refractivity contribution < 1.29 is 0 Å². The van der Waals surface area contributed by atoms with Crippen LogP contribution in [0.25, 0.3) is 0 Å². The molecule has 0 fully saturated rings. The highest BCUT2D eigenvalue weighted by atomic mass is 79.9. The van der Waals surface area contributed by atoms with Crippen LogP contribution in [-0.2, 0) is 0 Å². The van der Waals surface area contributed by atoms with Gasteiger partial charge in [0.2, 0.25) is 0 Å². The molecule has 1 N–H and O–H groups in total. The van der Waals surface area contributed by atoms with Crippen LogP contribution in [-0.4, -0.2) is 6.54 Å². The maximum atomic E-state index is 6.07. The van der Waals surface area contributed by atoms with Gasteiger partial charge in [0.1, 0.15) is 0 Å². The van der Waals surface area contributed by atoms with E-state index in [1.165, 1.54) is 18.4 Å². The molecule has 0 aliphatic heterocycles. The summed E-state index contributed by atoms with van der Waals surface area (Å²) >= 11 is 9.59. The normalized spacial score (nSPS) is 13.0. The van der Waals surface area contributed by atoms with E-state index in [9.17, 15) is 0 Å². The summed E-state index contributed by atoms with van der Waals surface area (Å²) in [5.41, 5.74) is 1.33. The van der Waals surface area contributed by atoms with Crippen molar-refractivity contribution in [1.82, 2.24) is 5.32 Å². The van der Waals surface area contributed by atoms with Gasteiger partial charge in [-0.15, -0.1) is 0 Å². The molecule has 0 spiro atoms. The third-order valence-corrected chi connectivity index (χ3v) is 4.65. The molecule has 1 rings (SSSR count). The second kappa shape index (κ2) is 8.19. The Balaban J connectivity index is 2.96. The zero-order chi connectivity index (χ0) is 13.5. The SMILES string of the molecule is CCCNC(c1ccc(Cl)c(Br)c1)C(CC)CC. The van der Waals surface area contributed by atoms with Crippen LogP contribution in [0.5, 0.6) is 0 Å². The van der Waals surface area contributed by atoms with E-state index in [-0.39, 0.29) is 0 Å². The first-order valence-corrected chi connectivity index (χ1v) is 7.99. The summed E-state index contributed by atoms with van der Waals surface area (Å²) in [6.07, 6.45) is 3.54. The monoisotopic (exact) mass is 331 g/mol. The van der Waals surface area contributed by atoms with Crippen molar-refractivity contribution in [2.45, 2.75) is 46.1 Å². The highest BCUT2D eigenvalue weighted by Gasteiger charge is 2.20. The Morgan fingerprint density at radius 2 is 1.89 bits per heavy atom. The third-order valence-electron chi connectivity index (χ3n) is 3.44. The molecule has 18 heavy (non-hydrogen) atoms. The van der Waals surface area contributed by atoms with Gasteiger partial charge in [-0.3, -0.25) is 0 Å². The molecule has 0 amide bonds. The maximum absolute atomic E-state index is 6.07. The molecule has 0 aliphatic carbocycles. The van der Waals surface area contributed by atoms with Gasteiger partial charge in [0.05, 0.1) is 5.02 Å². The molecule has 0 radical (unpaired) electrons. The van der Waals surface area contributed by atoms with Crippen LogP contribution in [0.2, 0.25) is 5.02 Å². The number of nitrogens with one attached hydrogen (secondary N) is 1. The van der Waals surface area contributed by atoms with Gasteiger partial charge in [-0.05, 0) is 52.5 Å². The third kappa shape index (κ3) is 4.25. The van der Waals surface area contributed by atoms with Gasteiger partial charge in [-0.1, -0.05) is 51.3 Å². The van der Waals surface area contributed by atoms with Crippen molar-refractivity contribution in [3.05, 3.63) is 33.3 Å². The fourth-order valence-corrected chi connectivity index (χ4v) is 2.84. The van der Waals surface area contributed by atoms with Gasteiger partial charge >= 0.3 is 0 Å². The smallest absolute Gasteiger partial charge is 0.0548 e. The summed E-state index contributed by atoms with van der Waals surface area (Å²) in [7, 11) is 0. The van der Waals surface area contributed by atoms with E-state index in [1.807, 2.05) is 6.07 Å². The number of hydrogen-bond donors (Lipinski definition) is 1. The average molecular weight is 333 g/mol. The second-order valence-electron chi connectivity index (χ2n) is 4.68. The molecule has 0 aliphatic rings. The van der Waals surface area contributed by atoms with Gasteiger partial charge in [0.25, 0.3) is 0 Å². The lowest BCUT2D eigenvalue weighted by atomic mass is 9.89. The summed E-state index contributed by atoms with van der Waals surface area (Å²) in [5.74, 6) is 0.671. The van der Waals surface area contributed by atoms with E-state index in [2.05, 4.69) is 54.2 Å². The zero-order valence-electron chi connectivity index (χ0n) is 11.5. The van der Waals surface area contributed by atoms with Crippen molar-refractivity contribution in [3.63, 3.8) is 0 Å². The van der Waals surface area contributed by atoms with E-state index in [0.717, 1.165) is 22.5 Å². The maximum Gasteiger partial charge on any atom is 0.0548 e. The molecule has 1 aromatic carbocycles. The van der Waals surface area contributed by atoms with Crippen LogP contribution < -0.4 is 5.32 Å². The minimum atomic E-state index is 0.425. The summed E-state index contributed by atoms with van der Waals surface area (Å²) in [4.78, 5) is 0. The van der Waals surface area contributed by atoms with E-state index in [0.29, 0.717) is 12.0 Å². The summed E-state index contributed by atoms with van der Waals surface area (Å²) in [6, 6.07) is 6.69. The molecule has 102 valence electrons. The van der Waals surface area contributed by atoms with Crippen molar-refractivity contribution in [3.8, 4) is 0 Å². The van der Waals surface area contributed by atoms with Crippen LogP contribution in [0.3, 0.4) is 0 Å². The second-order valence-corrected chi connectivity index (χ2v) is 5.94. The fraction of sp³-hybridized carbons (Fsp3) is 0.600. The van der Waals surface area contributed by atoms with Crippen LogP contribution >= 0.6 is 27.5 Å². The molecular weight excluding hydrogens is 310 g/mol. The number of hydrogen-bond acceptors (Lipinski definition) is 1. The Bertz CT molecular complexity index is 364. The summed E-state index contributed by atoms with van der Waals surface area (Å²) < 4.78 is 0.982. The molecule has 1 atom stereocenters. The lowest BCUT2D eigenvalue weighted by molar-refractivity contribution is 0.341. The van der Waals surface area contributed by atoms with Gasteiger partial charge < -0.3 is 5.32 Å². The number of rotatable bonds is 7. The van der Waals surface area contributed by atoms with E-state index >= 15 is 0 Å². The van der Waals surface area contributed by atoms with Crippen LogP contribution in [0.15, 0.2) is 22.7 Å². The number of halogens is 2. The van der Waals surface area contributed by atoms with Crippen molar-refractivity contribution in [1.29, 1.82) is 0 Å². The van der Waals surface area contributed by atoms with Gasteiger partial charge in [0.15, 0.2) is 0 Å². The largest absolute Gasteiger partial charge is 0.310 e. The molecule has 1 aromatic rings. The Morgan fingerprint density at radius 1 is 1.22 bits per heavy atom. The Hall–Kier alpha value is -0.0500. The first kappa shape index (κ1) is 16.0. The fourth-order valence-electron chi connectivity index (χ4n) is 2.32. The predicted octanol–water partition coefficient (Wildman–Crippen LogP) is 5.58. The minimum absolute atomic E-state index is 0.425. The van der Waals surface area contributed by atoms with Crippen molar-refractivity contribution in [2.75, 3.05) is 6.54 Å². The molecule has 0 bridgehead atoms. The molecule has 0 saturated carbocycles. The first-order valence-electron chi connectivity index (χ1n) is 6.82. The Morgan fingerprint density at radius 3 is 2.39 bits per heavy atom. The van der Waals surface area contributed by atoms with Crippen LogP contribution in [0, 0.1) is 5.92 Å². The van der Waals surface area contributed by atoms with Gasteiger partial charge in [-0.25, -0.2) is 0 Å². The molecule has 3 heteroatoms. The summed E-state index contributed by atoms with van der Waals surface area (Å²) in [6.45, 7) is 7.79. The predicted molar refractivity (Wildman–Crippen MR) is 84.3 cm³/mol. The zero-order valence-corrected chi connectivity index (χ0v) is 13.8. The molecule has 1 nitrogen and oxygen atoms in total. The average Bonchev–Trinajstić information content (AvgIpc) is 2.38. The highest BCUT2D eigenvalue weighted by Crippen LogP contribution is 2.31. The standard InChI is InChI=1S/C15H23BrClN/c1-4-9-18-15(11(5-2)6-3)12-7-8-14(17)13(16)10-12/h7-8,10-11,15,18H,4-6,9H2,1-3H3. The van der Waals surface area contributed by atoms with Crippen molar-refractivity contribution in [2.24, 2.45) is 5.92 Å². The molecule has 0 aromatic heterocycles. The minimum Gasteiger partial charge on any atom is -0.310 e. The van der Waals surface area contributed by atoms with E-state index in [4.69, 9.17) is 11.6 Å². The molecule has 0 heterocycles. The van der Waals surface area contributed by atoms with E-state index in [1.54, 1.807) is 0 Å². The van der Waals surface area contributed by atoms with Gasteiger partial charge in [-0.2, -0.15) is 0 Å². The van der Waals surface area contributed by atoms with E-state index < -0.39 is 0 Å². The molecular formula is C15H23BrClN. The van der Waals surface area contributed by atoms with Crippen molar-refractivity contribution >= 4 is 27.5 Å². The topological polar surface area (TPSA) is 12.0 Å².